The molecular formula is C18H22N4O5. The molecule has 0 radical (unpaired) electrons. The van der Waals surface area contributed by atoms with Gasteiger partial charge in [0, 0.05) is 19.8 Å². The van der Waals surface area contributed by atoms with Crippen LogP contribution in [0.25, 0.3) is 0 Å². The minimum atomic E-state index is -0.482. The van der Waals surface area contributed by atoms with E-state index in [0.717, 1.165) is 5.56 Å². The number of ether oxygens (including phenoxy) is 2. The van der Waals surface area contributed by atoms with E-state index in [1.807, 2.05) is 18.2 Å². The summed E-state index contributed by atoms with van der Waals surface area (Å²) in [6, 6.07) is 7.20. The molecule has 0 aliphatic rings. The molecule has 2 rings (SSSR count). The first-order valence-electron chi connectivity index (χ1n) is 8.19. The Bertz CT molecular complexity index is 850. The van der Waals surface area contributed by atoms with Crippen LogP contribution >= 0.6 is 0 Å². The molecule has 1 heterocycles. The lowest BCUT2D eigenvalue weighted by Crippen LogP contribution is -2.31. The Hall–Kier alpha value is -3.36. The van der Waals surface area contributed by atoms with E-state index >= 15 is 0 Å². The fourth-order valence-electron chi connectivity index (χ4n) is 2.21. The number of carbonyl (C=O) groups is 1. The van der Waals surface area contributed by atoms with E-state index < -0.39 is 5.69 Å². The van der Waals surface area contributed by atoms with Crippen LogP contribution in [0.4, 0.5) is 0 Å². The second-order valence-electron chi connectivity index (χ2n) is 5.59. The number of carbonyl (C=O) groups excluding carboxylic acids is 1. The summed E-state index contributed by atoms with van der Waals surface area (Å²) in [7, 11) is 4.85. The summed E-state index contributed by atoms with van der Waals surface area (Å²) in [5, 5.41) is 3.66. The van der Waals surface area contributed by atoms with Crippen molar-refractivity contribution in [3.05, 3.63) is 52.2 Å². The second kappa shape index (κ2) is 9.95. The number of aromatic amines is 1. The highest BCUT2D eigenvalue weighted by molar-refractivity contribution is 5.78. The molecule has 1 aromatic heterocycles. The average molecular weight is 374 g/mol. The summed E-state index contributed by atoms with van der Waals surface area (Å²) in [6.07, 6.45) is 3.32. The van der Waals surface area contributed by atoms with Gasteiger partial charge in [-0.2, -0.15) is 0 Å². The standard InChI is InChI=1S/C18H22N4O5/c1-22(9-7-13-4-5-15(25-2)16(10-13)26-3)17(23)12-27-20-11-14-6-8-19-18(24)21-14/h4-6,8,10-11H,7,9,12H2,1-3H3,(H,19,21,24)/b20-11+. The van der Waals surface area contributed by atoms with E-state index in [9.17, 15) is 9.59 Å². The molecule has 0 saturated heterocycles. The van der Waals surface area contributed by atoms with E-state index in [2.05, 4.69) is 15.1 Å². The van der Waals surface area contributed by atoms with Crippen LogP contribution in [0.3, 0.4) is 0 Å². The molecule has 27 heavy (non-hydrogen) atoms. The minimum absolute atomic E-state index is 0.200. The van der Waals surface area contributed by atoms with Crippen LogP contribution in [0, 0.1) is 0 Å². The first kappa shape index (κ1) is 20.0. The Kier molecular flexibility index (Phi) is 7.36. The number of methoxy groups -OCH3 is 2. The molecule has 1 N–H and O–H groups in total. The van der Waals surface area contributed by atoms with Crippen LogP contribution in [-0.2, 0) is 16.1 Å². The summed E-state index contributed by atoms with van der Waals surface area (Å²) in [4.78, 5) is 35.6. The zero-order valence-corrected chi connectivity index (χ0v) is 15.5. The van der Waals surface area contributed by atoms with Crippen molar-refractivity contribution in [2.24, 2.45) is 5.16 Å². The lowest BCUT2D eigenvalue weighted by molar-refractivity contribution is -0.134. The molecule has 9 heteroatoms. The summed E-state index contributed by atoms with van der Waals surface area (Å²) >= 11 is 0. The van der Waals surface area contributed by atoms with Gasteiger partial charge in [0.1, 0.15) is 0 Å². The van der Waals surface area contributed by atoms with Gasteiger partial charge in [-0.05, 0) is 30.2 Å². The van der Waals surface area contributed by atoms with Gasteiger partial charge in [0.25, 0.3) is 5.91 Å². The minimum Gasteiger partial charge on any atom is -0.493 e. The number of benzene rings is 1. The first-order valence-corrected chi connectivity index (χ1v) is 8.19. The van der Waals surface area contributed by atoms with Crippen LogP contribution in [0.5, 0.6) is 11.5 Å². The predicted molar refractivity (Wildman–Crippen MR) is 99.3 cm³/mol. The van der Waals surface area contributed by atoms with Crippen molar-refractivity contribution in [3.63, 3.8) is 0 Å². The molecule has 0 aliphatic carbocycles. The van der Waals surface area contributed by atoms with Crippen LogP contribution in [0.15, 0.2) is 40.4 Å². The highest BCUT2D eigenvalue weighted by Gasteiger charge is 2.10. The Morgan fingerprint density at radius 3 is 2.74 bits per heavy atom. The van der Waals surface area contributed by atoms with Crippen molar-refractivity contribution in [1.29, 1.82) is 0 Å². The number of amides is 1. The molecule has 0 bridgehead atoms. The van der Waals surface area contributed by atoms with Gasteiger partial charge in [-0.25, -0.2) is 9.78 Å². The van der Waals surface area contributed by atoms with E-state index in [-0.39, 0.29) is 12.5 Å². The highest BCUT2D eigenvalue weighted by atomic mass is 16.6. The highest BCUT2D eigenvalue weighted by Crippen LogP contribution is 2.27. The largest absolute Gasteiger partial charge is 0.493 e. The molecule has 0 aliphatic heterocycles. The number of rotatable bonds is 9. The summed E-state index contributed by atoms with van der Waals surface area (Å²) in [6.45, 7) is 0.313. The second-order valence-corrected chi connectivity index (χ2v) is 5.59. The maximum absolute atomic E-state index is 12.1. The topological polar surface area (TPSA) is 106 Å². The van der Waals surface area contributed by atoms with Gasteiger partial charge in [0.05, 0.1) is 26.1 Å². The predicted octanol–water partition coefficient (Wildman–Crippen LogP) is 0.839. The fraction of sp³-hybridized carbons (Fsp3) is 0.333. The van der Waals surface area contributed by atoms with Gasteiger partial charge in [-0.3, -0.25) is 4.79 Å². The lowest BCUT2D eigenvalue weighted by Gasteiger charge is -2.17. The number of oxime groups is 1. The number of nitrogens with zero attached hydrogens (tertiary/aromatic N) is 3. The van der Waals surface area contributed by atoms with Crippen molar-refractivity contribution < 1.29 is 19.1 Å². The number of H-pyrrole nitrogens is 1. The van der Waals surface area contributed by atoms with Crippen molar-refractivity contribution in [2.75, 3.05) is 34.4 Å². The van der Waals surface area contributed by atoms with Gasteiger partial charge in [0.2, 0.25) is 0 Å². The van der Waals surface area contributed by atoms with Gasteiger partial charge in [0.15, 0.2) is 18.1 Å². The number of likely N-dealkylation sites (N-methyl/N-ethyl adjacent to an activating group) is 1. The number of hydrogen-bond donors (Lipinski definition) is 1. The quantitative estimate of drug-likeness (QED) is 0.515. The first-order chi connectivity index (χ1) is 13.0. The van der Waals surface area contributed by atoms with E-state index in [0.29, 0.717) is 30.2 Å². The normalized spacial score (nSPS) is 10.6. The molecule has 1 aromatic carbocycles. The van der Waals surface area contributed by atoms with Crippen molar-refractivity contribution in [1.82, 2.24) is 14.9 Å². The summed E-state index contributed by atoms with van der Waals surface area (Å²) in [5.74, 6) is 1.10. The Morgan fingerprint density at radius 2 is 2.04 bits per heavy atom. The molecule has 0 unspecified atom stereocenters. The molecule has 0 fully saturated rings. The van der Waals surface area contributed by atoms with Crippen molar-refractivity contribution in [3.8, 4) is 11.5 Å². The van der Waals surface area contributed by atoms with Gasteiger partial charge in [-0.15, -0.1) is 0 Å². The lowest BCUT2D eigenvalue weighted by atomic mass is 10.1. The number of hydrogen-bond acceptors (Lipinski definition) is 7. The molecule has 2 aromatic rings. The zero-order chi connectivity index (χ0) is 19.6. The number of aromatic nitrogens is 2. The number of nitrogens with one attached hydrogen (secondary N) is 1. The smallest absolute Gasteiger partial charge is 0.345 e. The fourth-order valence-corrected chi connectivity index (χ4v) is 2.21. The Balaban J connectivity index is 1.79. The van der Waals surface area contributed by atoms with Gasteiger partial charge >= 0.3 is 5.69 Å². The molecule has 0 spiro atoms. The molecule has 144 valence electrons. The third-order valence-electron chi connectivity index (χ3n) is 3.76. The molecule has 9 nitrogen and oxygen atoms in total. The monoisotopic (exact) mass is 374 g/mol. The molecular weight excluding hydrogens is 352 g/mol. The Labute approximate surface area is 156 Å². The third kappa shape index (κ3) is 6.14. The Morgan fingerprint density at radius 1 is 1.26 bits per heavy atom. The molecule has 0 saturated carbocycles. The van der Waals surface area contributed by atoms with Crippen LogP contribution in [0.1, 0.15) is 11.3 Å². The summed E-state index contributed by atoms with van der Waals surface area (Å²) in [5.41, 5.74) is 0.974. The molecule has 0 atom stereocenters. The van der Waals surface area contributed by atoms with Crippen LogP contribution < -0.4 is 15.2 Å². The average Bonchev–Trinajstić information content (AvgIpc) is 2.68. The van der Waals surface area contributed by atoms with Crippen molar-refractivity contribution in [2.45, 2.75) is 6.42 Å². The van der Waals surface area contributed by atoms with E-state index in [1.54, 1.807) is 32.2 Å². The van der Waals surface area contributed by atoms with Crippen LogP contribution in [0.2, 0.25) is 0 Å². The van der Waals surface area contributed by atoms with E-state index in [1.165, 1.54) is 12.4 Å². The van der Waals surface area contributed by atoms with Gasteiger partial charge in [-0.1, -0.05) is 11.2 Å². The third-order valence-corrected chi connectivity index (χ3v) is 3.76. The molecule has 1 amide bonds. The van der Waals surface area contributed by atoms with Crippen LogP contribution in [-0.4, -0.2) is 61.4 Å². The summed E-state index contributed by atoms with van der Waals surface area (Å²) < 4.78 is 10.5. The maximum atomic E-state index is 12.1. The zero-order valence-electron chi connectivity index (χ0n) is 15.5. The van der Waals surface area contributed by atoms with E-state index in [4.69, 9.17) is 14.3 Å². The maximum Gasteiger partial charge on any atom is 0.345 e. The SMILES string of the molecule is COc1ccc(CCN(C)C(=O)CO/N=C/c2ccnc(=O)[nH]2)cc1OC. The van der Waals surface area contributed by atoms with Crippen molar-refractivity contribution >= 4 is 12.1 Å². The van der Waals surface area contributed by atoms with Gasteiger partial charge < -0.3 is 24.2 Å².